The van der Waals surface area contributed by atoms with Crippen LogP contribution in [0, 0.1) is 18.1 Å². The first-order valence-electron chi connectivity index (χ1n) is 11.2. The van der Waals surface area contributed by atoms with Crippen molar-refractivity contribution in [3.05, 3.63) is 132 Å². The SMILES string of the molecule is C=Cc1c[c-]c2c(c1)-c1cc(C=C)ccc1C2.CC1=CC(C)[C-]=C1.C[C](=[Zr+2])c1ccccc1.[Cl-].[Cl-]. The average molecular weight is 577 g/mol. The van der Waals surface area contributed by atoms with E-state index in [1.807, 2.05) is 30.4 Å². The maximum atomic E-state index is 3.82. The van der Waals surface area contributed by atoms with Crippen LogP contribution < -0.4 is 24.8 Å². The zero-order valence-corrected chi connectivity index (χ0v) is 24.5. The molecule has 3 aromatic carbocycles. The third kappa shape index (κ3) is 8.84. The number of fused-ring (bicyclic) bond motifs is 3. The van der Waals surface area contributed by atoms with Crippen LogP contribution in [0.2, 0.25) is 0 Å². The molecule has 0 aliphatic heterocycles. The minimum Gasteiger partial charge on any atom is -1.00 e. The Labute approximate surface area is 238 Å². The maximum absolute atomic E-state index is 3.82. The van der Waals surface area contributed by atoms with Crippen molar-refractivity contribution in [2.45, 2.75) is 27.2 Å². The summed E-state index contributed by atoms with van der Waals surface area (Å²) in [6, 6.07) is 24.5. The Kier molecular flexibility index (Phi) is 13.4. The summed E-state index contributed by atoms with van der Waals surface area (Å²) in [6.45, 7) is 14.0. The summed E-state index contributed by atoms with van der Waals surface area (Å²) >= 11 is 1.51. The molecule has 3 aromatic rings. The van der Waals surface area contributed by atoms with Crippen LogP contribution in [0.4, 0.5) is 0 Å². The van der Waals surface area contributed by atoms with E-state index in [-0.39, 0.29) is 24.8 Å². The number of benzene rings is 3. The van der Waals surface area contributed by atoms with Gasteiger partial charge in [-0.1, -0.05) is 54.8 Å². The molecule has 0 saturated carbocycles. The molecule has 5 rings (SSSR count). The van der Waals surface area contributed by atoms with Gasteiger partial charge in [0.2, 0.25) is 0 Å². The van der Waals surface area contributed by atoms with Gasteiger partial charge in [0.15, 0.2) is 0 Å². The van der Waals surface area contributed by atoms with Crippen molar-refractivity contribution in [1.29, 1.82) is 0 Å². The molecular weight excluding hydrogens is 546 g/mol. The molecule has 178 valence electrons. The average Bonchev–Trinajstić information content (AvgIpc) is 3.40. The quantitative estimate of drug-likeness (QED) is 0.328. The maximum Gasteiger partial charge on any atom is -1.00 e. The van der Waals surface area contributed by atoms with Crippen LogP contribution in [-0.4, -0.2) is 3.21 Å². The number of halogens is 2. The van der Waals surface area contributed by atoms with Crippen LogP contribution in [0.3, 0.4) is 0 Å². The number of rotatable bonds is 3. The van der Waals surface area contributed by atoms with Crippen molar-refractivity contribution < 1.29 is 49.0 Å². The van der Waals surface area contributed by atoms with Gasteiger partial charge in [0, 0.05) is 0 Å². The fraction of sp³-hybridized carbons (Fsp3) is 0.156. The van der Waals surface area contributed by atoms with E-state index in [2.05, 4.69) is 101 Å². The Balaban J connectivity index is 0.000000289. The van der Waals surface area contributed by atoms with E-state index in [0.717, 1.165) is 12.0 Å². The second-order valence-corrected chi connectivity index (χ2v) is 10.2. The van der Waals surface area contributed by atoms with Crippen molar-refractivity contribution in [2.75, 3.05) is 0 Å². The predicted molar refractivity (Wildman–Crippen MR) is 141 cm³/mol. The molecule has 0 heterocycles. The fourth-order valence-electron chi connectivity index (χ4n) is 3.81. The molecule has 2 aliphatic carbocycles. The van der Waals surface area contributed by atoms with Gasteiger partial charge in [0.1, 0.15) is 0 Å². The van der Waals surface area contributed by atoms with Gasteiger partial charge in [-0.2, -0.15) is 29.8 Å². The van der Waals surface area contributed by atoms with E-state index in [1.165, 1.54) is 66.4 Å². The zero-order chi connectivity index (χ0) is 23.8. The van der Waals surface area contributed by atoms with E-state index >= 15 is 0 Å². The minimum absolute atomic E-state index is 0. The van der Waals surface area contributed by atoms with Crippen molar-refractivity contribution >= 4 is 15.4 Å². The van der Waals surface area contributed by atoms with E-state index in [0.29, 0.717) is 5.92 Å². The monoisotopic (exact) mass is 574 g/mol. The second kappa shape index (κ2) is 15.1. The normalized spacial score (nSPS) is 13.7. The summed E-state index contributed by atoms with van der Waals surface area (Å²) < 4.78 is 1.46. The molecule has 0 radical (unpaired) electrons. The summed E-state index contributed by atoms with van der Waals surface area (Å²) in [7, 11) is 0. The smallest absolute Gasteiger partial charge is 1.00 e. The van der Waals surface area contributed by atoms with Crippen molar-refractivity contribution in [2.24, 2.45) is 5.92 Å². The molecule has 0 bridgehead atoms. The molecule has 0 spiro atoms. The minimum atomic E-state index is 0. The van der Waals surface area contributed by atoms with Gasteiger partial charge in [0.25, 0.3) is 0 Å². The molecule has 0 amide bonds. The van der Waals surface area contributed by atoms with E-state index in [9.17, 15) is 0 Å². The van der Waals surface area contributed by atoms with Gasteiger partial charge < -0.3 is 24.8 Å². The van der Waals surface area contributed by atoms with Gasteiger partial charge in [0.05, 0.1) is 0 Å². The number of hydrogen-bond acceptors (Lipinski definition) is 0. The largest absolute Gasteiger partial charge is 1.00 e. The third-order valence-corrected chi connectivity index (χ3v) is 6.32. The van der Waals surface area contributed by atoms with E-state index < -0.39 is 0 Å². The first kappa shape index (κ1) is 31.0. The molecule has 0 fully saturated rings. The van der Waals surface area contributed by atoms with Crippen LogP contribution in [0.5, 0.6) is 0 Å². The van der Waals surface area contributed by atoms with Gasteiger partial charge in [-0.3, -0.25) is 6.08 Å². The molecule has 3 heteroatoms. The molecule has 0 aromatic heterocycles. The summed E-state index contributed by atoms with van der Waals surface area (Å²) in [6.07, 6.45) is 12.1. The Morgan fingerprint density at radius 2 is 1.63 bits per heavy atom. The number of allylic oxidation sites excluding steroid dienone is 4. The molecule has 1 atom stereocenters. The topological polar surface area (TPSA) is 0 Å². The van der Waals surface area contributed by atoms with Gasteiger partial charge in [-0.25, -0.2) is 11.6 Å². The summed E-state index contributed by atoms with van der Waals surface area (Å²) in [5.74, 6) is 0.556. The van der Waals surface area contributed by atoms with Crippen LogP contribution >= 0.6 is 0 Å². The Hall–Kier alpha value is -2.05. The molecule has 0 N–H and O–H groups in total. The third-order valence-electron chi connectivity index (χ3n) is 5.61. The number of hydrogen-bond donors (Lipinski definition) is 0. The van der Waals surface area contributed by atoms with Gasteiger partial charge in [-0.05, 0) is 12.0 Å². The predicted octanol–water partition coefficient (Wildman–Crippen LogP) is 2.07. The Morgan fingerprint density at radius 1 is 0.971 bits per heavy atom. The first-order valence-corrected chi connectivity index (χ1v) is 12.4. The summed E-state index contributed by atoms with van der Waals surface area (Å²) in [4.78, 5) is 0. The van der Waals surface area contributed by atoms with E-state index in [1.54, 1.807) is 0 Å². The van der Waals surface area contributed by atoms with Crippen molar-refractivity contribution in [1.82, 2.24) is 0 Å². The van der Waals surface area contributed by atoms with Crippen LogP contribution in [0.1, 0.15) is 48.6 Å². The van der Waals surface area contributed by atoms with Crippen molar-refractivity contribution in [3.63, 3.8) is 0 Å². The molecule has 0 saturated heterocycles. The molecule has 35 heavy (non-hydrogen) atoms. The first-order chi connectivity index (χ1) is 15.9. The van der Waals surface area contributed by atoms with Crippen LogP contribution in [0.25, 0.3) is 23.3 Å². The van der Waals surface area contributed by atoms with Crippen LogP contribution in [0.15, 0.2) is 91.5 Å². The van der Waals surface area contributed by atoms with Gasteiger partial charge >= 0.3 is 70.3 Å². The molecular formula is C32H30Cl2Zr-2. The fourth-order valence-corrected chi connectivity index (χ4v) is 4.22. The second-order valence-electron chi connectivity index (χ2n) is 8.33. The summed E-state index contributed by atoms with van der Waals surface area (Å²) in [5, 5.41) is 0. The van der Waals surface area contributed by atoms with Crippen LogP contribution in [-0.2, 0) is 30.7 Å². The van der Waals surface area contributed by atoms with Crippen molar-refractivity contribution in [3.8, 4) is 11.1 Å². The van der Waals surface area contributed by atoms with E-state index in [4.69, 9.17) is 0 Å². The zero-order valence-electron chi connectivity index (χ0n) is 20.5. The molecule has 0 nitrogen and oxygen atoms in total. The Morgan fingerprint density at radius 3 is 2.11 bits per heavy atom. The van der Waals surface area contributed by atoms with Gasteiger partial charge in [-0.15, -0.1) is 30.7 Å². The summed E-state index contributed by atoms with van der Waals surface area (Å²) in [5.41, 5.74) is 10.3. The standard InChI is InChI=1S/C17H13.C8H8.C7H9.2ClH.Zr/c1-3-12-5-7-14-11-15-8-6-13(4-2)10-17(15)16(14)9-12;1-2-8-6-4-3-5-7-8;1-6-3-4-7(2)5-6;;;/h3-7,9-10H,1-2,11H2;3-7H,1H3;3,5,7H,1-2H3;2*1H;/q-1;;-1;;;+2/p-2. The molecule has 2 aliphatic rings. The Bertz CT molecular complexity index is 1160. The molecule has 1 unspecified atom stereocenters.